The maximum absolute atomic E-state index is 12.0. The van der Waals surface area contributed by atoms with Crippen LogP contribution in [0.25, 0.3) is 0 Å². The number of carbonyl (C=O) groups excluding carboxylic acids is 3. The molecule has 0 spiro atoms. The number of aryl methyl sites for hydroxylation is 1. The van der Waals surface area contributed by atoms with Gasteiger partial charge in [-0.05, 0) is 39.8 Å². The van der Waals surface area contributed by atoms with Crippen LogP contribution in [0.2, 0.25) is 0 Å². The third-order valence-corrected chi connectivity index (χ3v) is 3.92. The summed E-state index contributed by atoms with van der Waals surface area (Å²) in [5.41, 5.74) is 1.26. The van der Waals surface area contributed by atoms with Crippen LogP contribution in [0.5, 0.6) is 0 Å². The molecule has 7 heteroatoms. The molecule has 0 aliphatic heterocycles. The highest BCUT2D eigenvalue weighted by Crippen LogP contribution is 2.11. The summed E-state index contributed by atoms with van der Waals surface area (Å²) >= 11 is 1.21. The van der Waals surface area contributed by atoms with Crippen LogP contribution >= 0.6 is 11.8 Å². The predicted octanol–water partition coefficient (Wildman–Crippen LogP) is 2.47. The molecular weight excluding hydrogens is 340 g/mol. The van der Waals surface area contributed by atoms with Crippen molar-refractivity contribution in [1.29, 1.82) is 0 Å². The highest BCUT2D eigenvalue weighted by Gasteiger charge is 2.19. The number of ether oxygens (including phenoxy) is 1. The van der Waals surface area contributed by atoms with Crippen LogP contribution in [-0.2, 0) is 19.1 Å². The van der Waals surface area contributed by atoms with Crippen molar-refractivity contribution in [1.82, 2.24) is 4.90 Å². The molecule has 1 aromatic rings. The second kappa shape index (κ2) is 9.46. The quantitative estimate of drug-likeness (QED) is 0.750. The Labute approximate surface area is 153 Å². The van der Waals surface area contributed by atoms with Crippen molar-refractivity contribution in [2.75, 3.05) is 30.4 Å². The van der Waals surface area contributed by atoms with Gasteiger partial charge in [0.05, 0.1) is 11.5 Å². The molecule has 0 saturated heterocycles. The molecule has 0 heterocycles. The minimum absolute atomic E-state index is 0.105. The van der Waals surface area contributed by atoms with Crippen molar-refractivity contribution in [3.05, 3.63) is 29.8 Å². The number of nitrogens with one attached hydrogen (secondary N) is 1. The van der Waals surface area contributed by atoms with Gasteiger partial charge in [-0.25, -0.2) is 0 Å². The molecule has 1 rings (SSSR count). The fourth-order valence-electron chi connectivity index (χ4n) is 1.83. The van der Waals surface area contributed by atoms with Gasteiger partial charge in [0.1, 0.15) is 12.1 Å². The molecule has 0 aromatic heterocycles. The first-order valence-corrected chi connectivity index (χ1v) is 9.12. The van der Waals surface area contributed by atoms with Crippen molar-refractivity contribution in [3.63, 3.8) is 0 Å². The molecule has 0 bridgehead atoms. The maximum Gasteiger partial charge on any atom is 0.326 e. The molecule has 1 N–H and O–H groups in total. The predicted molar refractivity (Wildman–Crippen MR) is 101 cm³/mol. The smallest absolute Gasteiger partial charge is 0.326 e. The average Bonchev–Trinajstić information content (AvgIpc) is 2.47. The van der Waals surface area contributed by atoms with Gasteiger partial charge in [0.25, 0.3) is 0 Å². The van der Waals surface area contributed by atoms with E-state index in [2.05, 4.69) is 5.32 Å². The maximum atomic E-state index is 12.0. The van der Waals surface area contributed by atoms with Crippen molar-refractivity contribution < 1.29 is 19.1 Å². The third kappa shape index (κ3) is 9.14. The first-order chi connectivity index (χ1) is 11.6. The lowest BCUT2D eigenvalue weighted by Crippen LogP contribution is -2.37. The normalized spacial score (nSPS) is 10.9. The fourth-order valence-corrected chi connectivity index (χ4v) is 2.59. The van der Waals surface area contributed by atoms with E-state index in [-0.39, 0.29) is 29.9 Å². The Balaban J connectivity index is 2.30. The van der Waals surface area contributed by atoms with Crippen LogP contribution in [-0.4, -0.2) is 53.4 Å². The summed E-state index contributed by atoms with van der Waals surface area (Å²) in [6, 6.07) is 7.49. The molecule has 2 amide bonds. The summed E-state index contributed by atoms with van der Waals surface area (Å²) in [5.74, 6) is -0.554. The highest BCUT2D eigenvalue weighted by atomic mass is 32.2. The lowest BCUT2D eigenvalue weighted by Gasteiger charge is -2.22. The molecule has 0 aliphatic rings. The Morgan fingerprint density at radius 3 is 2.28 bits per heavy atom. The topological polar surface area (TPSA) is 75.7 Å². The lowest BCUT2D eigenvalue weighted by atomic mass is 10.2. The fraction of sp³-hybridized carbons (Fsp3) is 0.500. The van der Waals surface area contributed by atoms with Crippen molar-refractivity contribution >= 4 is 35.2 Å². The van der Waals surface area contributed by atoms with E-state index in [0.717, 1.165) is 11.3 Å². The Morgan fingerprint density at radius 2 is 1.72 bits per heavy atom. The number of hydrogen-bond donors (Lipinski definition) is 1. The molecule has 138 valence electrons. The first kappa shape index (κ1) is 21.0. The Hall–Kier alpha value is -2.02. The largest absolute Gasteiger partial charge is 0.459 e. The van der Waals surface area contributed by atoms with Gasteiger partial charge in [-0.15, -0.1) is 11.8 Å². The number of hydrogen-bond acceptors (Lipinski definition) is 5. The number of anilines is 1. The molecular formula is C18H26N2O4S. The van der Waals surface area contributed by atoms with Gasteiger partial charge in [-0.1, -0.05) is 17.7 Å². The van der Waals surface area contributed by atoms with E-state index in [1.165, 1.54) is 16.7 Å². The molecule has 6 nitrogen and oxygen atoms in total. The lowest BCUT2D eigenvalue weighted by molar-refractivity contribution is -0.157. The van der Waals surface area contributed by atoms with E-state index in [1.807, 2.05) is 31.2 Å². The van der Waals surface area contributed by atoms with Gasteiger partial charge in [0.15, 0.2) is 0 Å². The van der Waals surface area contributed by atoms with E-state index in [9.17, 15) is 14.4 Å². The van der Waals surface area contributed by atoms with Gasteiger partial charge in [-0.2, -0.15) is 0 Å². The van der Waals surface area contributed by atoms with E-state index >= 15 is 0 Å². The first-order valence-electron chi connectivity index (χ1n) is 7.97. The number of thioether (sulfide) groups is 1. The zero-order valence-electron chi connectivity index (χ0n) is 15.4. The van der Waals surface area contributed by atoms with Crippen molar-refractivity contribution in [3.8, 4) is 0 Å². The van der Waals surface area contributed by atoms with E-state index in [0.29, 0.717) is 0 Å². The summed E-state index contributed by atoms with van der Waals surface area (Å²) in [6.45, 7) is 7.19. The van der Waals surface area contributed by atoms with Gasteiger partial charge < -0.3 is 15.0 Å². The minimum Gasteiger partial charge on any atom is -0.459 e. The molecule has 0 fully saturated rings. The number of rotatable bonds is 7. The summed E-state index contributed by atoms with van der Waals surface area (Å²) < 4.78 is 5.17. The molecule has 0 radical (unpaired) electrons. The Bertz CT molecular complexity index is 608. The molecule has 0 unspecified atom stereocenters. The molecule has 1 aromatic carbocycles. The molecule has 0 atom stereocenters. The van der Waals surface area contributed by atoms with Crippen LogP contribution < -0.4 is 5.32 Å². The zero-order valence-corrected chi connectivity index (χ0v) is 16.2. The molecule has 0 aliphatic carbocycles. The van der Waals surface area contributed by atoms with E-state index in [1.54, 1.807) is 27.8 Å². The van der Waals surface area contributed by atoms with E-state index in [4.69, 9.17) is 4.74 Å². The van der Waals surface area contributed by atoms with Gasteiger partial charge in [0.2, 0.25) is 11.8 Å². The second-order valence-electron chi connectivity index (χ2n) is 6.74. The minimum atomic E-state index is -0.580. The van der Waals surface area contributed by atoms with Crippen molar-refractivity contribution in [2.24, 2.45) is 0 Å². The van der Waals surface area contributed by atoms with Gasteiger partial charge in [0, 0.05) is 12.7 Å². The summed E-state index contributed by atoms with van der Waals surface area (Å²) in [5, 5.41) is 2.77. The number of amides is 2. The summed E-state index contributed by atoms with van der Waals surface area (Å²) in [4.78, 5) is 36.8. The van der Waals surface area contributed by atoms with Crippen LogP contribution in [0, 0.1) is 6.92 Å². The number of esters is 1. The summed E-state index contributed by atoms with van der Waals surface area (Å²) in [7, 11) is 1.54. The van der Waals surface area contributed by atoms with Gasteiger partial charge >= 0.3 is 5.97 Å². The standard InChI is InChI=1S/C18H26N2O4S/c1-13-6-8-14(9-7-13)19-15(21)11-25-12-16(22)20(5)10-17(23)24-18(2,3)4/h6-9H,10-12H2,1-5H3,(H,19,21). The number of likely N-dealkylation sites (N-methyl/N-ethyl adjacent to an activating group) is 1. The van der Waals surface area contributed by atoms with Crippen LogP contribution in [0.3, 0.4) is 0 Å². The Morgan fingerprint density at radius 1 is 1.12 bits per heavy atom. The zero-order chi connectivity index (χ0) is 19.0. The summed E-state index contributed by atoms with van der Waals surface area (Å²) in [6.07, 6.45) is 0. The average molecular weight is 366 g/mol. The van der Waals surface area contributed by atoms with Crippen LogP contribution in [0.4, 0.5) is 5.69 Å². The number of carbonyl (C=O) groups is 3. The second-order valence-corrected chi connectivity index (χ2v) is 7.73. The molecule has 0 saturated carbocycles. The number of benzene rings is 1. The highest BCUT2D eigenvalue weighted by molar-refractivity contribution is 8.00. The monoisotopic (exact) mass is 366 g/mol. The van der Waals surface area contributed by atoms with Crippen LogP contribution in [0.15, 0.2) is 24.3 Å². The Kier molecular flexibility index (Phi) is 7.96. The van der Waals surface area contributed by atoms with Crippen molar-refractivity contribution in [2.45, 2.75) is 33.3 Å². The number of nitrogens with zero attached hydrogens (tertiary/aromatic N) is 1. The van der Waals surface area contributed by atoms with E-state index < -0.39 is 11.6 Å². The van der Waals surface area contributed by atoms with Gasteiger partial charge in [-0.3, -0.25) is 14.4 Å². The SMILES string of the molecule is Cc1ccc(NC(=O)CSCC(=O)N(C)CC(=O)OC(C)(C)C)cc1. The van der Waals surface area contributed by atoms with Crippen LogP contribution in [0.1, 0.15) is 26.3 Å². The molecule has 25 heavy (non-hydrogen) atoms. The third-order valence-electron chi connectivity index (χ3n) is 3.01.